The number of amides is 1. The maximum absolute atomic E-state index is 12.6. The topological polar surface area (TPSA) is 133 Å². The second-order valence-electron chi connectivity index (χ2n) is 6.36. The van der Waals surface area contributed by atoms with Gasteiger partial charge in [-0.1, -0.05) is 11.6 Å². The zero-order valence-corrected chi connectivity index (χ0v) is 17.5. The molecule has 0 fully saturated rings. The Morgan fingerprint density at radius 2 is 2.10 bits per heavy atom. The molecule has 1 amide bonds. The van der Waals surface area contributed by atoms with Crippen molar-refractivity contribution >= 4 is 56.4 Å². The molecule has 0 saturated carbocycles. The monoisotopic (exact) mass is 450 g/mol. The van der Waals surface area contributed by atoms with Gasteiger partial charge in [0.25, 0.3) is 17.2 Å². The van der Waals surface area contributed by atoms with Gasteiger partial charge in [-0.3, -0.25) is 19.7 Å². The SMILES string of the molecule is Cc1c(C(=O)OC(C)C(=O)Nc2cc([N+](=O)[O-])ccc2Cl)sc2ncn(C)c(=O)c12. The molecule has 0 saturated heterocycles. The van der Waals surface area contributed by atoms with Crippen molar-refractivity contribution in [3.05, 3.63) is 60.5 Å². The molecule has 2 aromatic heterocycles. The molecule has 1 N–H and O–H groups in total. The molecule has 10 nitrogen and oxygen atoms in total. The molecule has 0 aliphatic carbocycles. The van der Waals surface area contributed by atoms with Crippen LogP contribution in [0.5, 0.6) is 0 Å². The van der Waals surface area contributed by atoms with E-state index < -0.39 is 22.9 Å². The number of nitro groups is 1. The number of aromatic nitrogens is 2. The number of aryl methyl sites for hydroxylation is 2. The zero-order valence-electron chi connectivity index (χ0n) is 16.0. The molecule has 12 heteroatoms. The van der Waals surface area contributed by atoms with E-state index in [0.717, 1.165) is 17.4 Å². The number of hydrogen-bond donors (Lipinski definition) is 1. The Hall–Kier alpha value is -3.31. The number of thiophene rings is 1. The van der Waals surface area contributed by atoms with Gasteiger partial charge in [0.2, 0.25) is 0 Å². The molecule has 1 unspecified atom stereocenters. The van der Waals surface area contributed by atoms with Crippen molar-refractivity contribution in [2.24, 2.45) is 7.05 Å². The number of anilines is 1. The van der Waals surface area contributed by atoms with Crippen LogP contribution in [-0.4, -0.2) is 32.5 Å². The summed E-state index contributed by atoms with van der Waals surface area (Å²) in [6.07, 6.45) is 0.127. The van der Waals surface area contributed by atoms with Gasteiger partial charge in [-0.15, -0.1) is 11.3 Å². The van der Waals surface area contributed by atoms with E-state index in [1.807, 2.05) is 0 Å². The fourth-order valence-electron chi connectivity index (χ4n) is 2.63. The number of rotatable bonds is 5. The summed E-state index contributed by atoms with van der Waals surface area (Å²) in [7, 11) is 1.55. The van der Waals surface area contributed by atoms with Crippen LogP contribution in [0, 0.1) is 17.0 Å². The summed E-state index contributed by atoms with van der Waals surface area (Å²) in [4.78, 5) is 52.2. The number of halogens is 1. The van der Waals surface area contributed by atoms with E-state index in [2.05, 4.69) is 10.3 Å². The van der Waals surface area contributed by atoms with Crippen molar-refractivity contribution in [1.82, 2.24) is 9.55 Å². The molecule has 0 aliphatic heterocycles. The van der Waals surface area contributed by atoms with Crippen LogP contribution in [0.4, 0.5) is 11.4 Å². The highest BCUT2D eigenvalue weighted by Crippen LogP contribution is 2.29. The van der Waals surface area contributed by atoms with Crippen LogP contribution in [-0.2, 0) is 16.6 Å². The quantitative estimate of drug-likeness (QED) is 0.358. The first-order valence-electron chi connectivity index (χ1n) is 8.50. The molecule has 0 radical (unpaired) electrons. The molecule has 1 aromatic carbocycles. The van der Waals surface area contributed by atoms with Crippen molar-refractivity contribution in [3.8, 4) is 0 Å². The number of nitro benzene ring substituents is 1. The standard InChI is InChI=1S/C18H15ClN4O6S/c1-8-13-16(20-7-22(3)17(13)25)30-14(8)18(26)29-9(2)15(24)21-12-6-10(23(27)28)4-5-11(12)19/h4-7,9H,1-3H3,(H,21,24). The molecular formula is C18H15ClN4O6S. The second-order valence-corrected chi connectivity index (χ2v) is 7.76. The fourth-order valence-corrected chi connectivity index (χ4v) is 3.82. The van der Waals surface area contributed by atoms with Crippen molar-refractivity contribution in [3.63, 3.8) is 0 Å². The van der Waals surface area contributed by atoms with Gasteiger partial charge in [-0.25, -0.2) is 9.78 Å². The van der Waals surface area contributed by atoms with Crippen molar-refractivity contribution in [1.29, 1.82) is 0 Å². The van der Waals surface area contributed by atoms with Crippen LogP contribution in [0.2, 0.25) is 5.02 Å². The number of carbonyl (C=O) groups is 2. The van der Waals surface area contributed by atoms with Gasteiger partial charge in [0.05, 0.1) is 27.3 Å². The Morgan fingerprint density at radius 1 is 1.40 bits per heavy atom. The summed E-state index contributed by atoms with van der Waals surface area (Å²) < 4.78 is 6.52. The number of hydrogen-bond acceptors (Lipinski definition) is 8. The van der Waals surface area contributed by atoms with E-state index in [-0.39, 0.29) is 26.8 Å². The van der Waals surface area contributed by atoms with Crippen LogP contribution in [0.15, 0.2) is 29.3 Å². The molecule has 156 valence electrons. The van der Waals surface area contributed by atoms with Gasteiger partial charge in [-0.2, -0.15) is 0 Å². The van der Waals surface area contributed by atoms with Crippen molar-refractivity contribution < 1.29 is 19.2 Å². The molecule has 3 aromatic rings. The lowest BCUT2D eigenvalue weighted by Gasteiger charge is -2.14. The van der Waals surface area contributed by atoms with Gasteiger partial charge < -0.3 is 14.6 Å². The third-order valence-electron chi connectivity index (χ3n) is 4.27. The Labute approximate surface area is 178 Å². The number of fused-ring (bicyclic) bond motifs is 1. The second kappa shape index (κ2) is 8.20. The van der Waals surface area contributed by atoms with E-state index in [0.29, 0.717) is 15.8 Å². The Balaban J connectivity index is 1.79. The van der Waals surface area contributed by atoms with Gasteiger partial charge >= 0.3 is 5.97 Å². The van der Waals surface area contributed by atoms with Crippen molar-refractivity contribution in [2.45, 2.75) is 20.0 Å². The van der Waals surface area contributed by atoms with Crippen molar-refractivity contribution in [2.75, 3.05) is 5.32 Å². The number of nitrogens with one attached hydrogen (secondary N) is 1. The Kier molecular flexibility index (Phi) is 5.85. The van der Waals surface area contributed by atoms with Crippen LogP contribution in [0.25, 0.3) is 10.2 Å². The summed E-state index contributed by atoms with van der Waals surface area (Å²) in [5.74, 6) is -1.51. The Bertz CT molecular complexity index is 1250. The van der Waals surface area contributed by atoms with E-state index in [1.165, 1.54) is 30.0 Å². The summed E-state index contributed by atoms with van der Waals surface area (Å²) >= 11 is 6.96. The van der Waals surface area contributed by atoms with E-state index in [9.17, 15) is 24.5 Å². The number of benzene rings is 1. The lowest BCUT2D eigenvalue weighted by molar-refractivity contribution is -0.384. The molecule has 0 bridgehead atoms. The summed E-state index contributed by atoms with van der Waals surface area (Å²) in [5.41, 5.74) is -0.110. The maximum atomic E-state index is 12.6. The molecule has 0 spiro atoms. The van der Waals surface area contributed by atoms with Gasteiger partial charge in [-0.05, 0) is 25.5 Å². The average Bonchev–Trinajstić information content (AvgIpc) is 3.03. The highest BCUT2D eigenvalue weighted by atomic mass is 35.5. The smallest absolute Gasteiger partial charge is 0.349 e. The number of ether oxygens (including phenoxy) is 1. The molecule has 0 aliphatic rings. The number of non-ortho nitro benzene ring substituents is 1. The third kappa shape index (κ3) is 4.02. The molecule has 2 heterocycles. The highest BCUT2D eigenvalue weighted by Gasteiger charge is 2.25. The number of esters is 1. The van der Waals surface area contributed by atoms with Gasteiger partial charge in [0.15, 0.2) is 6.10 Å². The lowest BCUT2D eigenvalue weighted by Crippen LogP contribution is -2.30. The minimum atomic E-state index is -1.23. The first kappa shape index (κ1) is 21.4. The third-order valence-corrected chi connectivity index (χ3v) is 5.78. The maximum Gasteiger partial charge on any atom is 0.349 e. The predicted molar refractivity (Wildman–Crippen MR) is 111 cm³/mol. The van der Waals surface area contributed by atoms with E-state index in [4.69, 9.17) is 16.3 Å². The lowest BCUT2D eigenvalue weighted by atomic mass is 10.2. The first-order chi connectivity index (χ1) is 14.1. The Morgan fingerprint density at radius 3 is 2.77 bits per heavy atom. The summed E-state index contributed by atoms with van der Waals surface area (Å²) in [6, 6.07) is 3.58. The van der Waals surface area contributed by atoms with Gasteiger partial charge in [0.1, 0.15) is 9.71 Å². The van der Waals surface area contributed by atoms with Crippen LogP contribution in [0.1, 0.15) is 22.2 Å². The molecule has 3 rings (SSSR count). The summed E-state index contributed by atoms with van der Waals surface area (Å²) in [5, 5.41) is 13.7. The minimum Gasteiger partial charge on any atom is -0.448 e. The largest absolute Gasteiger partial charge is 0.448 e. The van der Waals surface area contributed by atoms with Crippen LogP contribution in [0.3, 0.4) is 0 Å². The molecule has 30 heavy (non-hydrogen) atoms. The average molecular weight is 451 g/mol. The molecule has 1 atom stereocenters. The van der Waals surface area contributed by atoms with Crippen LogP contribution >= 0.6 is 22.9 Å². The zero-order chi connectivity index (χ0) is 22.2. The molecular weight excluding hydrogens is 436 g/mol. The first-order valence-corrected chi connectivity index (χ1v) is 9.70. The summed E-state index contributed by atoms with van der Waals surface area (Å²) in [6.45, 7) is 2.95. The number of nitrogens with zero attached hydrogens (tertiary/aromatic N) is 3. The minimum absolute atomic E-state index is 0.0181. The van der Waals surface area contributed by atoms with E-state index in [1.54, 1.807) is 14.0 Å². The van der Waals surface area contributed by atoms with E-state index >= 15 is 0 Å². The fraction of sp³-hybridized carbons (Fsp3) is 0.222. The van der Waals surface area contributed by atoms with Gasteiger partial charge in [0, 0.05) is 19.2 Å². The normalized spacial score (nSPS) is 11.9. The van der Waals surface area contributed by atoms with Crippen LogP contribution < -0.4 is 10.9 Å². The number of carbonyl (C=O) groups excluding carboxylic acids is 2. The predicted octanol–water partition coefficient (Wildman–Crippen LogP) is 3.05. The highest BCUT2D eigenvalue weighted by molar-refractivity contribution is 7.20.